The molecule has 0 saturated carbocycles. The minimum Gasteiger partial charge on any atom is -0.192 e. The molecule has 0 fully saturated rings. The molecule has 0 heterocycles. The molecule has 0 unspecified atom stereocenters. The zero-order chi connectivity index (χ0) is 16.2. The zero-order valence-corrected chi connectivity index (χ0v) is 12.9. The number of rotatable bonds is 2. The van der Waals surface area contributed by atoms with Crippen molar-refractivity contribution >= 4 is 11.6 Å². The molecule has 0 N–H and O–H groups in total. The lowest BCUT2D eigenvalue weighted by Gasteiger charge is -2.13. The van der Waals surface area contributed by atoms with Crippen molar-refractivity contribution in [3.05, 3.63) is 82.9 Å². The van der Waals surface area contributed by atoms with Crippen LogP contribution < -0.4 is 0 Å². The fourth-order valence-electron chi connectivity index (χ4n) is 2.56. The summed E-state index contributed by atoms with van der Waals surface area (Å²) in [6.45, 7) is 0. The second-order valence-electron chi connectivity index (χ2n) is 4.99. The third-order valence-corrected chi connectivity index (χ3v) is 4.04. The van der Waals surface area contributed by atoms with Crippen LogP contribution in [0.5, 0.6) is 0 Å². The van der Waals surface area contributed by atoms with E-state index in [9.17, 15) is 10.5 Å². The molecule has 3 aromatic carbocycles. The molecule has 0 spiro atoms. The summed E-state index contributed by atoms with van der Waals surface area (Å²) in [4.78, 5) is 0. The van der Waals surface area contributed by atoms with E-state index >= 15 is 0 Å². The maximum atomic E-state index is 9.50. The molecule has 0 atom stereocenters. The van der Waals surface area contributed by atoms with Crippen LogP contribution >= 0.6 is 11.6 Å². The van der Waals surface area contributed by atoms with Crippen LogP contribution in [0.3, 0.4) is 0 Å². The molecule has 0 aliphatic carbocycles. The highest BCUT2D eigenvalue weighted by molar-refractivity contribution is 6.34. The van der Waals surface area contributed by atoms with Gasteiger partial charge in [-0.25, -0.2) is 0 Å². The van der Waals surface area contributed by atoms with Crippen molar-refractivity contribution in [1.29, 1.82) is 10.5 Å². The Balaban J connectivity index is 2.37. The lowest BCUT2D eigenvalue weighted by atomic mass is 9.91. The van der Waals surface area contributed by atoms with E-state index < -0.39 is 0 Å². The molecule has 0 bridgehead atoms. The molecule has 23 heavy (non-hydrogen) atoms. The highest BCUT2D eigenvalue weighted by Gasteiger charge is 2.18. The first-order chi connectivity index (χ1) is 11.3. The normalized spacial score (nSPS) is 9.87. The molecule has 0 aliphatic rings. The van der Waals surface area contributed by atoms with E-state index in [1.165, 1.54) is 0 Å². The van der Waals surface area contributed by atoms with Crippen molar-refractivity contribution in [2.45, 2.75) is 0 Å². The summed E-state index contributed by atoms with van der Waals surface area (Å²) in [5.74, 6) is 0. The van der Waals surface area contributed by atoms with E-state index in [1.807, 2.05) is 66.7 Å². The SMILES string of the molecule is N#Cc1c(-c2ccccc2)cc(-c2ccccc2)c(C#N)c1Cl. The van der Waals surface area contributed by atoms with Gasteiger partial charge in [0.25, 0.3) is 0 Å². The quantitative estimate of drug-likeness (QED) is 0.634. The molecule has 3 aromatic rings. The summed E-state index contributed by atoms with van der Waals surface area (Å²) < 4.78 is 0. The van der Waals surface area contributed by atoms with E-state index in [-0.39, 0.29) is 5.02 Å². The zero-order valence-electron chi connectivity index (χ0n) is 12.1. The third-order valence-electron chi connectivity index (χ3n) is 3.66. The summed E-state index contributed by atoms with van der Waals surface area (Å²) in [5, 5.41) is 19.2. The Morgan fingerprint density at radius 3 is 1.39 bits per heavy atom. The van der Waals surface area contributed by atoms with Gasteiger partial charge in [-0.15, -0.1) is 0 Å². The molecule has 0 saturated heterocycles. The van der Waals surface area contributed by atoms with E-state index in [0.29, 0.717) is 11.1 Å². The lowest BCUT2D eigenvalue weighted by Crippen LogP contribution is -1.94. The third kappa shape index (κ3) is 2.69. The van der Waals surface area contributed by atoms with Crippen molar-refractivity contribution in [3.63, 3.8) is 0 Å². The van der Waals surface area contributed by atoms with Crippen LogP contribution in [0.15, 0.2) is 66.7 Å². The number of nitrogens with zero attached hydrogens (tertiary/aromatic N) is 2. The first kappa shape index (κ1) is 14.9. The topological polar surface area (TPSA) is 47.6 Å². The Hall–Kier alpha value is -3.07. The number of hydrogen-bond acceptors (Lipinski definition) is 2. The standard InChI is InChI=1S/C20H11ClN2/c21-20-18(12-22)16(14-7-3-1-4-8-14)11-17(19(20)13-23)15-9-5-2-6-10-15/h1-11H. The van der Waals surface area contributed by atoms with Crippen LogP contribution in [0.1, 0.15) is 11.1 Å². The molecule has 0 radical (unpaired) electrons. The molecular weight excluding hydrogens is 304 g/mol. The Morgan fingerprint density at radius 1 is 0.652 bits per heavy atom. The van der Waals surface area contributed by atoms with E-state index in [0.717, 1.165) is 22.3 Å². The Bertz CT molecular complexity index is 858. The van der Waals surface area contributed by atoms with Gasteiger partial charge in [-0.2, -0.15) is 10.5 Å². The van der Waals surface area contributed by atoms with E-state index in [1.54, 1.807) is 0 Å². The van der Waals surface area contributed by atoms with Crippen LogP contribution in [0.4, 0.5) is 0 Å². The van der Waals surface area contributed by atoms with Gasteiger partial charge >= 0.3 is 0 Å². The summed E-state index contributed by atoms with van der Waals surface area (Å²) in [5.41, 5.74) is 3.91. The maximum absolute atomic E-state index is 9.50. The fourth-order valence-corrected chi connectivity index (χ4v) is 2.85. The van der Waals surface area contributed by atoms with Gasteiger partial charge in [0.05, 0.1) is 16.1 Å². The minimum atomic E-state index is 0.204. The summed E-state index contributed by atoms with van der Waals surface area (Å²) >= 11 is 6.37. The highest BCUT2D eigenvalue weighted by Crippen LogP contribution is 2.37. The van der Waals surface area contributed by atoms with Gasteiger partial charge in [0, 0.05) is 11.1 Å². The van der Waals surface area contributed by atoms with Crippen LogP contribution in [0.2, 0.25) is 5.02 Å². The fraction of sp³-hybridized carbons (Fsp3) is 0. The first-order valence-electron chi connectivity index (χ1n) is 7.03. The van der Waals surface area contributed by atoms with Crippen molar-refractivity contribution < 1.29 is 0 Å². The van der Waals surface area contributed by atoms with Gasteiger partial charge in [-0.1, -0.05) is 72.3 Å². The van der Waals surface area contributed by atoms with Crippen molar-refractivity contribution in [1.82, 2.24) is 0 Å². The van der Waals surface area contributed by atoms with Crippen LogP contribution in [-0.2, 0) is 0 Å². The Kier molecular flexibility index (Phi) is 4.11. The second-order valence-corrected chi connectivity index (χ2v) is 5.37. The van der Waals surface area contributed by atoms with E-state index in [4.69, 9.17) is 11.6 Å². The van der Waals surface area contributed by atoms with Gasteiger partial charge in [0.15, 0.2) is 0 Å². The van der Waals surface area contributed by atoms with Crippen LogP contribution in [0.25, 0.3) is 22.3 Å². The molecule has 108 valence electrons. The van der Waals surface area contributed by atoms with Crippen molar-refractivity contribution in [3.8, 4) is 34.4 Å². The maximum Gasteiger partial charge on any atom is 0.101 e. The molecule has 0 aliphatic heterocycles. The monoisotopic (exact) mass is 314 g/mol. The summed E-state index contributed by atoms with van der Waals surface area (Å²) in [6, 6.07) is 25.3. The van der Waals surface area contributed by atoms with E-state index in [2.05, 4.69) is 12.1 Å². The number of nitriles is 2. The van der Waals surface area contributed by atoms with Gasteiger partial charge in [-0.05, 0) is 17.2 Å². The Labute approximate surface area is 139 Å². The molecule has 3 rings (SSSR count). The van der Waals surface area contributed by atoms with Crippen molar-refractivity contribution in [2.75, 3.05) is 0 Å². The average molecular weight is 315 g/mol. The molecule has 3 heteroatoms. The molecule has 2 nitrogen and oxygen atoms in total. The number of benzene rings is 3. The smallest absolute Gasteiger partial charge is 0.101 e. The molecule has 0 amide bonds. The highest BCUT2D eigenvalue weighted by atomic mass is 35.5. The lowest BCUT2D eigenvalue weighted by molar-refractivity contribution is 1.44. The Morgan fingerprint density at radius 2 is 1.04 bits per heavy atom. The van der Waals surface area contributed by atoms with Crippen molar-refractivity contribution in [2.24, 2.45) is 0 Å². The number of halogens is 1. The second kappa shape index (κ2) is 6.36. The van der Waals surface area contributed by atoms with Gasteiger partial charge < -0.3 is 0 Å². The van der Waals surface area contributed by atoms with Gasteiger partial charge in [0.1, 0.15) is 12.1 Å². The van der Waals surface area contributed by atoms with Crippen LogP contribution in [-0.4, -0.2) is 0 Å². The average Bonchev–Trinajstić information content (AvgIpc) is 2.62. The predicted molar refractivity (Wildman–Crippen MR) is 91.8 cm³/mol. The van der Waals surface area contributed by atoms with Crippen LogP contribution in [0, 0.1) is 22.7 Å². The molecular formula is C20H11ClN2. The first-order valence-corrected chi connectivity index (χ1v) is 7.41. The van der Waals surface area contributed by atoms with Gasteiger partial charge in [0.2, 0.25) is 0 Å². The summed E-state index contributed by atoms with van der Waals surface area (Å²) in [7, 11) is 0. The van der Waals surface area contributed by atoms with Gasteiger partial charge in [-0.3, -0.25) is 0 Å². The minimum absolute atomic E-state index is 0.204. The summed E-state index contributed by atoms with van der Waals surface area (Å²) in [6.07, 6.45) is 0. The number of hydrogen-bond donors (Lipinski definition) is 0. The largest absolute Gasteiger partial charge is 0.192 e. The predicted octanol–water partition coefficient (Wildman–Crippen LogP) is 5.42. The molecule has 0 aromatic heterocycles.